The molecule has 0 heterocycles. The van der Waals surface area contributed by atoms with Crippen LogP contribution in [0.3, 0.4) is 0 Å². The third-order valence-corrected chi connectivity index (χ3v) is 1.69. The van der Waals surface area contributed by atoms with E-state index in [1.54, 1.807) is 20.1 Å². The second-order valence-electron chi connectivity index (χ2n) is 2.74. The van der Waals surface area contributed by atoms with Gasteiger partial charge in [-0.15, -0.1) is 0 Å². The van der Waals surface area contributed by atoms with Gasteiger partial charge in [0.15, 0.2) is 12.4 Å². The van der Waals surface area contributed by atoms with E-state index in [2.05, 4.69) is 0 Å². The summed E-state index contributed by atoms with van der Waals surface area (Å²) in [5.74, 6) is 0.783. The smallest absolute Gasteiger partial charge is 0.187 e. The van der Waals surface area contributed by atoms with Gasteiger partial charge >= 0.3 is 0 Å². The van der Waals surface area contributed by atoms with Gasteiger partial charge in [0.05, 0.1) is 7.11 Å². The van der Waals surface area contributed by atoms with E-state index in [1.165, 1.54) is 12.4 Å². The van der Waals surface area contributed by atoms with E-state index in [0.29, 0.717) is 0 Å². The summed E-state index contributed by atoms with van der Waals surface area (Å²) in [4.78, 5) is 0. The summed E-state index contributed by atoms with van der Waals surface area (Å²) < 4.78 is 5.77. The Labute approximate surface area is 83.5 Å². The van der Waals surface area contributed by atoms with Crippen molar-refractivity contribution in [3.63, 3.8) is 0 Å². The van der Waals surface area contributed by atoms with Crippen LogP contribution >= 0.6 is 0 Å². The molecular formula is C11H13NO2. The maximum atomic E-state index is 11.1. The number of nitrogens with zero attached hydrogens (tertiary/aromatic N) is 1. The molecule has 74 valence electrons. The number of hydroxylamine groups is 1. The molecule has 0 aliphatic rings. The summed E-state index contributed by atoms with van der Waals surface area (Å²) in [5, 5.41) is 11.1. The molecule has 0 unspecified atom stereocenters. The van der Waals surface area contributed by atoms with Crippen molar-refractivity contribution in [2.75, 3.05) is 7.11 Å². The van der Waals surface area contributed by atoms with Crippen molar-refractivity contribution in [3.8, 4) is 5.75 Å². The Kier molecular flexibility index (Phi) is 3.73. The third kappa shape index (κ3) is 2.94. The molecule has 0 bridgehead atoms. The van der Waals surface area contributed by atoms with Gasteiger partial charge in [-0.1, -0.05) is 0 Å². The van der Waals surface area contributed by atoms with Crippen LogP contribution in [-0.4, -0.2) is 18.1 Å². The van der Waals surface area contributed by atoms with Crippen LogP contribution in [0.2, 0.25) is 0 Å². The number of methoxy groups -OCH3 is 1. The Morgan fingerprint density at radius 3 is 2.43 bits per heavy atom. The molecule has 0 aliphatic heterocycles. The van der Waals surface area contributed by atoms with Crippen molar-refractivity contribution in [1.29, 1.82) is 0 Å². The molecule has 0 aromatic heterocycles. The predicted molar refractivity (Wildman–Crippen MR) is 56.6 cm³/mol. The number of benzene rings is 1. The molecule has 3 nitrogen and oxygen atoms in total. The quantitative estimate of drug-likeness (QED) is 0.317. The lowest BCUT2D eigenvalue weighted by atomic mass is 10.2. The lowest BCUT2D eigenvalue weighted by molar-refractivity contribution is -0.372. The average molecular weight is 191 g/mol. The molecule has 0 radical (unpaired) electrons. The van der Waals surface area contributed by atoms with Crippen LogP contribution in [0.1, 0.15) is 12.5 Å². The molecule has 1 aromatic rings. The van der Waals surface area contributed by atoms with Gasteiger partial charge in [-0.3, -0.25) is 0 Å². The van der Waals surface area contributed by atoms with Crippen LogP contribution in [0.15, 0.2) is 36.5 Å². The first-order valence-corrected chi connectivity index (χ1v) is 4.33. The molecule has 0 fully saturated rings. The second kappa shape index (κ2) is 5.07. The molecule has 3 heteroatoms. The number of hydrogen-bond acceptors (Lipinski definition) is 2. The monoisotopic (exact) mass is 191 g/mol. The largest absolute Gasteiger partial charge is 0.619 e. The third-order valence-electron chi connectivity index (χ3n) is 1.69. The maximum absolute atomic E-state index is 11.1. The van der Waals surface area contributed by atoms with E-state index in [0.717, 1.165) is 16.1 Å². The van der Waals surface area contributed by atoms with Gasteiger partial charge in [-0.05, 0) is 37.3 Å². The minimum Gasteiger partial charge on any atom is -0.619 e. The van der Waals surface area contributed by atoms with Crippen molar-refractivity contribution in [2.24, 2.45) is 0 Å². The normalized spacial score (nSPS) is 12.0. The van der Waals surface area contributed by atoms with Crippen LogP contribution in [0.25, 0.3) is 0 Å². The Bertz CT molecular complexity index is 339. The van der Waals surface area contributed by atoms with E-state index in [-0.39, 0.29) is 0 Å². The Balaban J connectivity index is 2.82. The minimum absolute atomic E-state index is 0.766. The molecule has 0 spiro atoms. The van der Waals surface area contributed by atoms with Gasteiger partial charge < -0.3 is 9.94 Å². The molecule has 14 heavy (non-hydrogen) atoms. The Morgan fingerprint density at radius 2 is 1.93 bits per heavy atom. The lowest BCUT2D eigenvalue weighted by Gasteiger charge is -1.99. The van der Waals surface area contributed by atoms with Gasteiger partial charge in [-0.2, -0.15) is 4.74 Å². The average Bonchev–Trinajstić information content (AvgIpc) is 2.19. The standard InChI is InChI=1S/C11H13NO2/c1-3-8-12(13)9-10-4-6-11(14-2)7-5-10/h3-9H,1-2H3/b8-3+,12-9-. The van der Waals surface area contributed by atoms with Crippen LogP contribution in [-0.2, 0) is 0 Å². The SMILES string of the molecule is C/C=C/[N+]([O-])=C/c1ccc(OC)cc1. The molecule has 0 atom stereocenters. The van der Waals surface area contributed by atoms with Gasteiger partial charge in [-0.25, -0.2) is 0 Å². The summed E-state index contributed by atoms with van der Waals surface area (Å²) in [6, 6.07) is 7.28. The highest BCUT2D eigenvalue weighted by Crippen LogP contribution is 2.09. The highest BCUT2D eigenvalue weighted by Gasteiger charge is 1.94. The van der Waals surface area contributed by atoms with E-state index in [9.17, 15) is 5.21 Å². The van der Waals surface area contributed by atoms with Crippen molar-refractivity contribution in [2.45, 2.75) is 6.92 Å². The van der Waals surface area contributed by atoms with Gasteiger partial charge in [0.2, 0.25) is 0 Å². The van der Waals surface area contributed by atoms with Gasteiger partial charge in [0.1, 0.15) is 5.75 Å². The zero-order chi connectivity index (χ0) is 10.4. The molecule has 0 saturated carbocycles. The van der Waals surface area contributed by atoms with Crippen molar-refractivity contribution >= 4 is 6.21 Å². The predicted octanol–water partition coefficient (Wildman–Crippen LogP) is 2.16. The maximum Gasteiger partial charge on any atom is 0.187 e. The first-order chi connectivity index (χ1) is 6.76. The summed E-state index contributed by atoms with van der Waals surface area (Å²) >= 11 is 0. The fourth-order valence-corrected chi connectivity index (χ4v) is 1.03. The highest BCUT2D eigenvalue weighted by molar-refractivity contribution is 5.76. The first-order valence-electron chi connectivity index (χ1n) is 4.33. The second-order valence-corrected chi connectivity index (χ2v) is 2.74. The Morgan fingerprint density at radius 1 is 1.29 bits per heavy atom. The van der Waals surface area contributed by atoms with Crippen LogP contribution in [0.5, 0.6) is 5.75 Å². The fraction of sp³-hybridized carbons (Fsp3) is 0.182. The summed E-state index contributed by atoms with van der Waals surface area (Å²) in [5.41, 5.74) is 0.846. The van der Waals surface area contributed by atoms with Crippen molar-refractivity contribution in [3.05, 3.63) is 47.3 Å². The summed E-state index contributed by atoms with van der Waals surface area (Å²) in [6.07, 6.45) is 4.64. The molecule has 0 amide bonds. The van der Waals surface area contributed by atoms with Gasteiger partial charge in [0, 0.05) is 5.56 Å². The zero-order valence-electron chi connectivity index (χ0n) is 8.31. The molecular weight excluding hydrogens is 178 g/mol. The number of hydrogen-bond donors (Lipinski definition) is 0. The Hall–Kier alpha value is -1.77. The molecule has 0 saturated heterocycles. The number of ether oxygens (including phenoxy) is 1. The van der Waals surface area contributed by atoms with E-state index < -0.39 is 0 Å². The van der Waals surface area contributed by atoms with Crippen LogP contribution in [0, 0.1) is 5.21 Å². The topological polar surface area (TPSA) is 35.3 Å². The highest BCUT2D eigenvalue weighted by atomic mass is 16.5. The van der Waals surface area contributed by atoms with Crippen molar-refractivity contribution in [1.82, 2.24) is 0 Å². The number of rotatable bonds is 3. The summed E-state index contributed by atoms with van der Waals surface area (Å²) in [6.45, 7) is 1.80. The minimum atomic E-state index is 0.766. The lowest BCUT2D eigenvalue weighted by Crippen LogP contribution is -1.96. The van der Waals surface area contributed by atoms with Crippen LogP contribution < -0.4 is 4.74 Å². The van der Waals surface area contributed by atoms with E-state index in [4.69, 9.17) is 4.74 Å². The zero-order valence-corrected chi connectivity index (χ0v) is 8.31. The summed E-state index contributed by atoms with van der Waals surface area (Å²) in [7, 11) is 1.61. The first kappa shape index (κ1) is 10.3. The van der Waals surface area contributed by atoms with E-state index >= 15 is 0 Å². The molecule has 0 aliphatic carbocycles. The molecule has 1 rings (SSSR count). The van der Waals surface area contributed by atoms with Crippen molar-refractivity contribution < 1.29 is 9.48 Å². The molecule has 0 N–H and O–H groups in total. The van der Waals surface area contributed by atoms with Gasteiger partial charge in [0.25, 0.3) is 0 Å². The number of allylic oxidation sites excluding steroid dienone is 1. The fourth-order valence-electron chi connectivity index (χ4n) is 1.03. The molecule has 1 aromatic carbocycles. The van der Waals surface area contributed by atoms with E-state index in [1.807, 2.05) is 24.3 Å². The van der Waals surface area contributed by atoms with Crippen LogP contribution in [0.4, 0.5) is 0 Å².